The van der Waals surface area contributed by atoms with Crippen LogP contribution in [0.3, 0.4) is 0 Å². The van der Waals surface area contributed by atoms with E-state index >= 15 is 0 Å². The molecule has 1 fully saturated rings. The SMILES string of the molecule is C=CN(CC)c1ncc([N+](=O)[O-])c(N[C@@H](Cc2ccc(OC(=O)N3CCOCC3)cc2)C(=O)OC(C)(C)C)n1. The van der Waals surface area contributed by atoms with Gasteiger partial charge in [0, 0.05) is 26.1 Å². The van der Waals surface area contributed by atoms with Gasteiger partial charge < -0.3 is 29.3 Å². The van der Waals surface area contributed by atoms with Gasteiger partial charge in [-0.3, -0.25) is 10.1 Å². The fraction of sp³-hybridized carbons (Fsp3) is 0.462. The highest BCUT2D eigenvalue weighted by Crippen LogP contribution is 2.26. The first kappa shape index (κ1) is 29.3. The number of hydrogen-bond donors (Lipinski definition) is 1. The van der Waals surface area contributed by atoms with E-state index in [4.69, 9.17) is 14.2 Å². The van der Waals surface area contributed by atoms with Crippen molar-refractivity contribution >= 4 is 29.5 Å². The Labute approximate surface area is 226 Å². The summed E-state index contributed by atoms with van der Waals surface area (Å²) in [6, 6.07) is 5.63. The Morgan fingerprint density at radius 1 is 1.28 bits per heavy atom. The maximum Gasteiger partial charge on any atom is 0.415 e. The molecule has 1 aromatic heterocycles. The van der Waals surface area contributed by atoms with Crippen molar-refractivity contribution in [3.8, 4) is 5.75 Å². The summed E-state index contributed by atoms with van der Waals surface area (Å²) in [6.07, 6.45) is 2.23. The second-order valence-corrected chi connectivity index (χ2v) is 9.68. The predicted molar refractivity (Wildman–Crippen MR) is 144 cm³/mol. The molecule has 2 heterocycles. The number of aromatic nitrogens is 2. The third-order valence-electron chi connectivity index (χ3n) is 5.61. The molecule has 1 aromatic carbocycles. The van der Waals surface area contributed by atoms with Crippen LogP contribution >= 0.6 is 0 Å². The fourth-order valence-electron chi connectivity index (χ4n) is 3.67. The molecule has 0 unspecified atom stereocenters. The van der Waals surface area contributed by atoms with Crippen LogP contribution in [0.4, 0.5) is 22.2 Å². The zero-order valence-corrected chi connectivity index (χ0v) is 22.6. The molecule has 1 amide bonds. The van der Waals surface area contributed by atoms with E-state index in [9.17, 15) is 19.7 Å². The molecule has 1 aliphatic rings. The zero-order valence-electron chi connectivity index (χ0n) is 22.6. The maximum absolute atomic E-state index is 13.2. The van der Waals surface area contributed by atoms with Crippen LogP contribution in [0.25, 0.3) is 0 Å². The number of ether oxygens (including phenoxy) is 3. The average Bonchev–Trinajstić information content (AvgIpc) is 2.89. The first-order valence-electron chi connectivity index (χ1n) is 12.5. The summed E-state index contributed by atoms with van der Waals surface area (Å²) in [7, 11) is 0. The Kier molecular flexibility index (Phi) is 9.77. The van der Waals surface area contributed by atoms with E-state index in [1.807, 2.05) is 6.92 Å². The van der Waals surface area contributed by atoms with Crippen molar-refractivity contribution in [1.29, 1.82) is 0 Å². The summed E-state index contributed by atoms with van der Waals surface area (Å²) in [4.78, 5) is 48.1. The summed E-state index contributed by atoms with van der Waals surface area (Å²) in [5.41, 5.74) is -0.486. The van der Waals surface area contributed by atoms with Crippen molar-refractivity contribution in [2.75, 3.05) is 43.1 Å². The number of anilines is 2. The van der Waals surface area contributed by atoms with Crippen molar-refractivity contribution in [3.05, 3.63) is 58.9 Å². The van der Waals surface area contributed by atoms with E-state index in [1.165, 1.54) is 6.20 Å². The number of hydrogen-bond acceptors (Lipinski definition) is 11. The zero-order chi connectivity index (χ0) is 28.6. The molecule has 1 N–H and O–H groups in total. The molecule has 0 spiro atoms. The number of nitrogens with one attached hydrogen (secondary N) is 1. The Balaban J connectivity index is 1.83. The van der Waals surface area contributed by atoms with E-state index in [0.717, 1.165) is 6.20 Å². The quantitative estimate of drug-likeness (QED) is 0.267. The lowest BCUT2D eigenvalue weighted by molar-refractivity contribution is -0.384. The number of esters is 1. The Hall–Kier alpha value is -4.26. The van der Waals surface area contributed by atoms with Gasteiger partial charge in [-0.2, -0.15) is 4.98 Å². The largest absolute Gasteiger partial charge is 0.458 e. The standard InChI is InChI=1S/C26H34N6O7/c1-6-30(7-2)24-27-17-21(32(35)36)22(29-24)28-20(23(33)39-26(3,4)5)16-18-8-10-19(11-9-18)38-25(34)31-12-14-37-15-13-31/h6,8-11,17,20H,1,7,12-16H2,2-5H3,(H,27,28,29)/t20-/m0/s1. The molecule has 1 aliphatic heterocycles. The summed E-state index contributed by atoms with van der Waals surface area (Å²) in [6.45, 7) is 13.1. The number of rotatable bonds is 10. The summed E-state index contributed by atoms with van der Waals surface area (Å²) < 4.78 is 16.3. The normalized spacial score (nSPS) is 14.2. The minimum atomic E-state index is -1.02. The summed E-state index contributed by atoms with van der Waals surface area (Å²) in [5, 5.41) is 14.6. The van der Waals surface area contributed by atoms with Crippen LogP contribution in [-0.2, 0) is 20.7 Å². The number of nitrogens with zero attached hydrogens (tertiary/aromatic N) is 5. The second-order valence-electron chi connectivity index (χ2n) is 9.68. The average molecular weight is 543 g/mol. The van der Waals surface area contributed by atoms with E-state index in [2.05, 4.69) is 21.9 Å². The van der Waals surface area contributed by atoms with Gasteiger partial charge in [-0.25, -0.2) is 14.6 Å². The Morgan fingerprint density at radius 2 is 1.95 bits per heavy atom. The van der Waals surface area contributed by atoms with Gasteiger partial charge in [0.05, 0.1) is 18.1 Å². The minimum Gasteiger partial charge on any atom is -0.458 e. The number of morpholine rings is 1. The van der Waals surface area contributed by atoms with Crippen LogP contribution in [0.15, 0.2) is 43.2 Å². The molecule has 3 rings (SSSR count). The molecule has 0 saturated carbocycles. The highest BCUT2D eigenvalue weighted by Gasteiger charge is 2.29. The van der Waals surface area contributed by atoms with Crippen LogP contribution < -0.4 is 15.0 Å². The number of carbonyl (C=O) groups excluding carboxylic acids is 2. The van der Waals surface area contributed by atoms with Crippen molar-refractivity contribution in [1.82, 2.24) is 14.9 Å². The monoisotopic (exact) mass is 542 g/mol. The number of nitro groups is 1. The molecule has 2 aromatic rings. The topological polar surface area (TPSA) is 149 Å². The van der Waals surface area contributed by atoms with Gasteiger partial charge >= 0.3 is 17.7 Å². The van der Waals surface area contributed by atoms with Gasteiger partial charge in [-0.1, -0.05) is 18.7 Å². The van der Waals surface area contributed by atoms with Crippen LogP contribution in [-0.4, -0.2) is 76.3 Å². The molecular weight excluding hydrogens is 508 g/mol. The van der Waals surface area contributed by atoms with Gasteiger partial charge in [0.25, 0.3) is 0 Å². The highest BCUT2D eigenvalue weighted by atomic mass is 16.6. The van der Waals surface area contributed by atoms with Gasteiger partial charge in [0.1, 0.15) is 23.6 Å². The Morgan fingerprint density at radius 3 is 2.51 bits per heavy atom. The van der Waals surface area contributed by atoms with Crippen LogP contribution in [0.2, 0.25) is 0 Å². The van der Waals surface area contributed by atoms with Crippen LogP contribution in [0.1, 0.15) is 33.3 Å². The first-order valence-corrected chi connectivity index (χ1v) is 12.5. The maximum atomic E-state index is 13.2. The third-order valence-corrected chi connectivity index (χ3v) is 5.61. The van der Waals surface area contributed by atoms with E-state index in [-0.39, 0.29) is 18.2 Å². The van der Waals surface area contributed by atoms with Gasteiger partial charge in [0.15, 0.2) is 0 Å². The molecule has 13 heteroatoms. The smallest absolute Gasteiger partial charge is 0.415 e. The van der Waals surface area contributed by atoms with E-state index in [0.29, 0.717) is 44.2 Å². The first-order chi connectivity index (χ1) is 18.5. The van der Waals surface area contributed by atoms with Crippen molar-refractivity contribution in [2.45, 2.75) is 45.8 Å². The predicted octanol–water partition coefficient (Wildman–Crippen LogP) is 3.55. The lowest BCUT2D eigenvalue weighted by Gasteiger charge is -2.26. The van der Waals surface area contributed by atoms with Crippen LogP contribution in [0.5, 0.6) is 5.75 Å². The fourth-order valence-corrected chi connectivity index (χ4v) is 3.67. The van der Waals surface area contributed by atoms with Crippen molar-refractivity contribution in [2.24, 2.45) is 0 Å². The molecule has 210 valence electrons. The van der Waals surface area contributed by atoms with Crippen molar-refractivity contribution in [3.63, 3.8) is 0 Å². The molecule has 0 bridgehead atoms. The van der Waals surface area contributed by atoms with E-state index in [1.54, 1.807) is 54.8 Å². The number of benzene rings is 1. The minimum absolute atomic E-state index is 0.113. The van der Waals surface area contributed by atoms with Gasteiger partial charge in [-0.05, 0) is 51.6 Å². The molecule has 13 nitrogen and oxygen atoms in total. The molecular formula is C26H34N6O7. The van der Waals surface area contributed by atoms with Crippen molar-refractivity contribution < 1.29 is 28.7 Å². The Bertz CT molecular complexity index is 1180. The molecule has 1 atom stereocenters. The third kappa shape index (κ3) is 8.37. The molecule has 39 heavy (non-hydrogen) atoms. The summed E-state index contributed by atoms with van der Waals surface area (Å²) in [5.74, 6) is -0.208. The number of amides is 1. The lowest BCUT2D eigenvalue weighted by atomic mass is 10.1. The van der Waals surface area contributed by atoms with Gasteiger partial charge in [-0.15, -0.1) is 0 Å². The van der Waals surface area contributed by atoms with Gasteiger partial charge in [0.2, 0.25) is 11.8 Å². The molecule has 0 radical (unpaired) electrons. The lowest BCUT2D eigenvalue weighted by Crippen LogP contribution is -2.42. The van der Waals surface area contributed by atoms with E-state index < -0.39 is 34.3 Å². The molecule has 1 saturated heterocycles. The summed E-state index contributed by atoms with van der Waals surface area (Å²) >= 11 is 0. The highest BCUT2D eigenvalue weighted by molar-refractivity contribution is 5.81. The number of carbonyl (C=O) groups is 2. The van der Waals surface area contributed by atoms with Crippen LogP contribution in [0, 0.1) is 10.1 Å². The molecule has 0 aliphatic carbocycles. The second kappa shape index (κ2) is 13.0.